The second kappa shape index (κ2) is 4.36. The van der Waals surface area contributed by atoms with Crippen LogP contribution in [0.2, 0.25) is 0 Å². The summed E-state index contributed by atoms with van der Waals surface area (Å²) in [7, 11) is 0. The molecule has 0 radical (unpaired) electrons. The highest BCUT2D eigenvalue weighted by Crippen LogP contribution is 2.21. The Balaban J connectivity index is 2.27. The summed E-state index contributed by atoms with van der Waals surface area (Å²) in [5.41, 5.74) is 0.593. The normalized spacial score (nSPS) is 16.2. The van der Waals surface area contributed by atoms with E-state index in [0.717, 1.165) is 0 Å². The van der Waals surface area contributed by atoms with Gasteiger partial charge in [0.15, 0.2) is 0 Å². The number of hydrogen-bond acceptors (Lipinski definition) is 2. The third-order valence-corrected chi connectivity index (χ3v) is 3.10. The third kappa shape index (κ3) is 2.16. The van der Waals surface area contributed by atoms with Gasteiger partial charge in [0.1, 0.15) is 5.82 Å². The van der Waals surface area contributed by atoms with E-state index in [1.807, 2.05) is 22.6 Å². The van der Waals surface area contributed by atoms with E-state index < -0.39 is 6.03 Å². The zero-order chi connectivity index (χ0) is 11.7. The molecule has 4 nitrogen and oxygen atoms in total. The van der Waals surface area contributed by atoms with Crippen molar-refractivity contribution in [2.75, 3.05) is 11.4 Å². The summed E-state index contributed by atoms with van der Waals surface area (Å²) < 4.78 is 13.5. The fraction of sp³-hybridized carbons (Fsp3) is 0.200. The van der Waals surface area contributed by atoms with Crippen LogP contribution in [0.25, 0.3) is 0 Å². The number of urea groups is 1. The van der Waals surface area contributed by atoms with Crippen LogP contribution in [-0.4, -0.2) is 18.5 Å². The first kappa shape index (κ1) is 11.3. The topological polar surface area (TPSA) is 49.4 Å². The van der Waals surface area contributed by atoms with E-state index in [-0.39, 0.29) is 18.1 Å². The molecule has 0 aliphatic carbocycles. The molecule has 0 unspecified atom stereocenters. The summed E-state index contributed by atoms with van der Waals surface area (Å²) in [5, 5.41) is 2.21. The molecule has 1 fully saturated rings. The minimum absolute atomic E-state index is 0.264. The number of hydrogen-bond donors (Lipinski definition) is 1. The van der Waals surface area contributed by atoms with E-state index in [2.05, 4.69) is 5.32 Å². The smallest absolute Gasteiger partial charge is 0.294 e. The van der Waals surface area contributed by atoms with Gasteiger partial charge in [0.2, 0.25) is 5.91 Å². The highest BCUT2D eigenvalue weighted by atomic mass is 127. The monoisotopic (exact) mass is 334 g/mol. The van der Waals surface area contributed by atoms with Crippen LogP contribution in [0.4, 0.5) is 14.9 Å². The Kier molecular flexibility index (Phi) is 3.08. The molecule has 1 aliphatic heterocycles. The van der Waals surface area contributed by atoms with Crippen LogP contribution in [0.15, 0.2) is 18.2 Å². The largest absolute Gasteiger partial charge is 0.328 e. The molecule has 1 aromatic carbocycles. The SMILES string of the molecule is O=C1CCN(c2ccc(F)c(I)c2)C(=O)N1. The Morgan fingerprint density at radius 1 is 1.38 bits per heavy atom. The van der Waals surface area contributed by atoms with Gasteiger partial charge in [-0.15, -0.1) is 0 Å². The van der Waals surface area contributed by atoms with Crippen molar-refractivity contribution in [2.45, 2.75) is 6.42 Å². The maximum Gasteiger partial charge on any atom is 0.328 e. The fourth-order valence-electron chi connectivity index (χ4n) is 1.46. The fourth-order valence-corrected chi connectivity index (χ4v) is 1.96. The van der Waals surface area contributed by atoms with E-state index in [9.17, 15) is 14.0 Å². The molecule has 6 heteroatoms. The molecule has 0 atom stereocenters. The first-order valence-corrected chi connectivity index (χ1v) is 5.72. The van der Waals surface area contributed by atoms with Crippen molar-refractivity contribution < 1.29 is 14.0 Å². The van der Waals surface area contributed by atoms with Gasteiger partial charge in [-0.3, -0.25) is 15.0 Å². The summed E-state index contributed by atoms with van der Waals surface area (Å²) in [6.45, 7) is 0.326. The summed E-state index contributed by atoms with van der Waals surface area (Å²) in [6.07, 6.45) is 0.264. The second-order valence-electron chi connectivity index (χ2n) is 3.35. The van der Waals surface area contributed by atoms with Crippen LogP contribution < -0.4 is 10.2 Å². The van der Waals surface area contributed by atoms with E-state index in [0.29, 0.717) is 15.8 Å². The molecular formula is C10H8FIN2O2. The Morgan fingerprint density at radius 3 is 2.75 bits per heavy atom. The zero-order valence-corrected chi connectivity index (χ0v) is 10.3. The van der Waals surface area contributed by atoms with Gasteiger partial charge in [0.25, 0.3) is 0 Å². The zero-order valence-electron chi connectivity index (χ0n) is 8.17. The van der Waals surface area contributed by atoms with Crippen LogP contribution >= 0.6 is 22.6 Å². The van der Waals surface area contributed by atoms with Crippen molar-refractivity contribution in [2.24, 2.45) is 0 Å². The predicted octanol–water partition coefficient (Wildman–Crippen LogP) is 1.88. The van der Waals surface area contributed by atoms with Gasteiger partial charge >= 0.3 is 6.03 Å². The van der Waals surface area contributed by atoms with Crippen molar-refractivity contribution in [1.29, 1.82) is 0 Å². The number of nitrogens with zero attached hydrogens (tertiary/aromatic N) is 1. The second-order valence-corrected chi connectivity index (χ2v) is 4.52. The summed E-state index contributed by atoms with van der Waals surface area (Å²) >= 11 is 1.86. The minimum atomic E-state index is -0.460. The van der Waals surface area contributed by atoms with Crippen LogP contribution in [0.5, 0.6) is 0 Å². The third-order valence-electron chi connectivity index (χ3n) is 2.27. The number of nitrogens with one attached hydrogen (secondary N) is 1. The van der Waals surface area contributed by atoms with Crippen LogP contribution in [0.3, 0.4) is 0 Å². The molecule has 1 saturated heterocycles. The van der Waals surface area contributed by atoms with Crippen molar-refractivity contribution in [3.05, 3.63) is 27.6 Å². The number of benzene rings is 1. The summed E-state index contributed by atoms with van der Waals surface area (Å²) in [5.74, 6) is -0.601. The average Bonchev–Trinajstić information content (AvgIpc) is 2.22. The van der Waals surface area contributed by atoms with E-state index in [1.165, 1.54) is 17.0 Å². The van der Waals surface area contributed by atoms with Crippen molar-refractivity contribution >= 4 is 40.2 Å². The van der Waals surface area contributed by atoms with Crippen molar-refractivity contribution in [1.82, 2.24) is 5.32 Å². The lowest BCUT2D eigenvalue weighted by atomic mass is 10.2. The maximum atomic E-state index is 13.0. The van der Waals surface area contributed by atoms with E-state index >= 15 is 0 Å². The van der Waals surface area contributed by atoms with Crippen LogP contribution in [0.1, 0.15) is 6.42 Å². The number of amides is 3. The molecular weight excluding hydrogens is 326 g/mol. The predicted molar refractivity (Wildman–Crippen MR) is 64.6 cm³/mol. The molecule has 0 saturated carbocycles. The number of rotatable bonds is 1. The molecule has 1 aromatic rings. The molecule has 0 bridgehead atoms. The number of carbonyl (C=O) groups is 2. The molecule has 1 heterocycles. The minimum Gasteiger partial charge on any atom is -0.294 e. The first-order valence-electron chi connectivity index (χ1n) is 4.64. The highest BCUT2D eigenvalue weighted by Gasteiger charge is 2.24. The number of carbonyl (C=O) groups excluding carboxylic acids is 2. The van der Waals surface area contributed by atoms with Crippen molar-refractivity contribution in [3.8, 4) is 0 Å². The van der Waals surface area contributed by atoms with Crippen LogP contribution in [0, 0.1) is 9.39 Å². The molecule has 16 heavy (non-hydrogen) atoms. The molecule has 84 valence electrons. The van der Waals surface area contributed by atoms with Gasteiger partial charge in [0, 0.05) is 18.7 Å². The summed E-state index contributed by atoms with van der Waals surface area (Å²) in [6, 6.07) is 3.94. The molecule has 2 rings (SSSR count). The Morgan fingerprint density at radius 2 is 2.12 bits per heavy atom. The summed E-state index contributed by atoms with van der Waals surface area (Å²) in [4.78, 5) is 23.9. The average molecular weight is 334 g/mol. The van der Waals surface area contributed by atoms with E-state index in [1.54, 1.807) is 6.07 Å². The van der Waals surface area contributed by atoms with Gasteiger partial charge in [-0.05, 0) is 40.8 Å². The number of halogens is 2. The molecule has 0 aromatic heterocycles. The Hall–Kier alpha value is -1.18. The first-order chi connectivity index (χ1) is 7.58. The van der Waals surface area contributed by atoms with Crippen LogP contribution in [-0.2, 0) is 4.79 Å². The molecule has 3 amide bonds. The lowest BCUT2D eigenvalue weighted by molar-refractivity contribution is -0.120. The van der Waals surface area contributed by atoms with Gasteiger partial charge in [-0.25, -0.2) is 9.18 Å². The van der Waals surface area contributed by atoms with Gasteiger partial charge in [-0.1, -0.05) is 0 Å². The standard InChI is InChI=1S/C10H8FIN2O2/c11-7-2-1-6(5-8(7)12)14-4-3-9(15)13-10(14)16/h1-2,5H,3-4H2,(H,13,15,16). The van der Waals surface area contributed by atoms with Crippen molar-refractivity contribution in [3.63, 3.8) is 0 Å². The number of imide groups is 1. The quantitative estimate of drug-likeness (QED) is 0.798. The van der Waals surface area contributed by atoms with Gasteiger partial charge < -0.3 is 0 Å². The molecule has 1 aliphatic rings. The molecule has 0 spiro atoms. The van der Waals surface area contributed by atoms with E-state index in [4.69, 9.17) is 0 Å². The van der Waals surface area contributed by atoms with Gasteiger partial charge in [-0.2, -0.15) is 0 Å². The Labute approximate surface area is 105 Å². The lowest BCUT2D eigenvalue weighted by Crippen LogP contribution is -2.49. The maximum absolute atomic E-state index is 13.0. The van der Waals surface area contributed by atoms with Gasteiger partial charge in [0.05, 0.1) is 3.57 Å². The lowest BCUT2D eigenvalue weighted by Gasteiger charge is -2.26. The Bertz CT molecular complexity index is 464. The highest BCUT2D eigenvalue weighted by molar-refractivity contribution is 14.1. The molecule has 1 N–H and O–H groups in total. The number of anilines is 1.